The second kappa shape index (κ2) is 12.8. The molecule has 1 saturated heterocycles. The van der Waals surface area contributed by atoms with Gasteiger partial charge in [0.2, 0.25) is 10.0 Å². The Kier molecular flexibility index (Phi) is 8.94. The van der Waals surface area contributed by atoms with Crippen LogP contribution in [-0.2, 0) is 20.0 Å². The number of nitro benzene ring substituents is 1. The van der Waals surface area contributed by atoms with Gasteiger partial charge in [0.25, 0.3) is 21.6 Å². The van der Waals surface area contributed by atoms with E-state index in [-0.39, 0.29) is 41.0 Å². The van der Waals surface area contributed by atoms with E-state index in [0.717, 1.165) is 12.1 Å². The molecule has 0 bridgehead atoms. The molecule has 1 aliphatic rings. The molecule has 4 aromatic rings. The fraction of sp³-hybridized carbons (Fsp3) is 0.167. The van der Waals surface area contributed by atoms with Crippen molar-refractivity contribution < 1.29 is 31.3 Å². The number of sulfonamides is 2. The van der Waals surface area contributed by atoms with Gasteiger partial charge in [-0.05, 0) is 61.4 Å². The second-order valence-electron chi connectivity index (χ2n) is 9.92. The van der Waals surface area contributed by atoms with Gasteiger partial charge < -0.3 is 10.1 Å². The van der Waals surface area contributed by atoms with Gasteiger partial charge in [-0.3, -0.25) is 14.9 Å². The average Bonchev–Trinajstić information content (AvgIpc) is 3.02. The lowest BCUT2D eigenvalue weighted by atomic mass is 10.1. The highest BCUT2D eigenvalue weighted by Crippen LogP contribution is 2.31. The number of carbonyl (C=O) groups is 1. The highest BCUT2D eigenvalue weighted by Gasteiger charge is 2.31. The molecule has 0 atom stereocenters. The molecule has 0 saturated carbocycles. The van der Waals surface area contributed by atoms with Crippen LogP contribution < -0.4 is 14.8 Å². The van der Waals surface area contributed by atoms with Gasteiger partial charge in [-0.2, -0.15) is 4.31 Å². The molecule has 5 rings (SSSR count). The summed E-state index contributed by atoms with van der Waals surface area (Å²) < 4.78 is 61.2. The summed E-state index contributed by atoms with van der Waals surface area (Å²) in [7, 11) is -8.18. The highest BCUT2D eigenvalue weighted by molar-refractivity contribution is 7.90. The van der Waals surface area contributed by atoms with Gasteiger partial charge in [0.1, 0.15) is 17.2 Å². The van der Waals surface area contributed by atoms with Gasteiger partial charge >= 0.3 is 0 Å². The summed E-state index contributed by atoms with van der Waals surface area (Å²) in [5.74, 6) is -0.407. The first-order valence-corrected chi connectivity index (χ1v) is 16.5. The molecular formula is C30H28N4O8S2. The maximum absolute atomic E-state index is 13.1. The number of amides is 1. The number of ether oxygens (including phenoxy) is 1. The summed E-state index contributed by atoms with van der Waals surface area (Å²) in [6.45, 7) is 0.410. The van der Waals surface area contributed by atoms with Crippen molar-refractivity contribution in [1.29, 1.82) is 0 Å². The zero-order chi connectivity index (χ0) is 31.3. The van der Waals surface area contributed by atoms with E-state index in [2.05, 4.69) is 5.32 Å². The lowest BCUT2D eigenvalue weighted by Crippen LogP contribution is -2.42. The fourth-order valence-corrected chi connectivity index (χ4v) is 7.22. The van der Waals surface area contributed by atoms with Crippen molar-refractivity contribution in [1.82, 2.24) is 9.03 Å². The van der Waals surface area contributed by atoms with E-state index in [9.17, 15) is 31.7 Å². The predicted molar refractivity (Wildman–Crippen MR) is 163 cm³/mol. The summed E-state index contributed by atoms with van der Waals surface area (Å²) >= 11 is 0. The largest absolute Gasteiger partial charge is 0.457 e. The average molecular weight is 637 g/mol. The van der Waals surface area contributed by atoms with Crippen LogP contribution in [0.25, 0.3) is 0 Å². The molecule has 2 N–H and O–H groups in total. The Bertz CT molecular complexity index is 1880. The SMILES string of the molecule is O=C(NS(=O)(=O)c1ccc(NC2CCN(S(=O)(=O)c3ccccc3)CC2)c([N+](=O)[O-])c1)c1ccccc1Oc1ccccc1. The molecule has 1 heterocycles. The molecule has 1 aliphatic heterocycles. The van der Waals surface area contributed by atoms with E-state index in [4.69, 9.17) is 4.74 Å². The van der Waals surface area contributed by atoms with Crippen molar-refractivity contribution in [3.05, 3.63) is 119 Å². The number of benzene rings is 4. The quantitative estimate of drug-likeness (QED) is 0.184. The molecule has 0 aromatic heterocycles. The van der Waals surface area contributed by atoms with Crippen LogP contribution >= 0.6 is 0 Å². The number of hydrogen-bond acceptors (Lipinski definition) is 9. The molecule has 12 nitrogen and oxygen atoms in total. The topological polar surface area (TPSA) is 165 Å². The van der Waals surface area contributed by atoms with Gasteiger partial charge in [-0.15, -0.1) is 0 Å². The van der Waals surface area contributed by atoms with Crippen LogP contribution in [-0.4, -0.2) is 51.1 Å². The molecule has 1 amide bonds. The van der Waals surface area contributed by atoms with Crippen LogP contribution in [0.5, 0.6) is 11.5 Å². The second-order valence-corrected chi connectivity index (χ2v) is 13.5. The van der Waals surface area contributed by atoms with Gasteiger partial charge in [-0.1, -0.05) is 48.5 Å². The maximum Gasteiger partial charge on any atom is 0.293 e. The zero-order valence-corrected chi connectivity index (χ0v) is 24.8. The Morgan fingerprint density at radius 1 is 0.818 bits per heavy atom. The number of carbonyl (C=O) groups excluding carboxylic acids is 1. The molecule has 0 unspecified atom stereocenters. The lowest BCUT2D eigenvalue weighted by Gasteiger charge is -2.32. The number of nitrogens with one attached hydrogen (secondary N) is 2. The molecular weight excluding hydrogens is 608 g/mol. The van der Waals surface area contributed by atoms with E-state index < -0.39 is 41.5 Å². The van der Waals surface area contributed by atoms with Crippen molar-refractivity contribution in [2.45, 2.75) is 28.7 Å². The van der Waals surface area contributed by atoms with Crippen molar-refractivity contribution in [2.24, 2.45) is 0 Å². The van der Waals surface area contributed by atoms with Crippen molar-refractivity contribution in [3.8, 4) is 11.5 Å². The summed E-state index contributed by atoms with van der Waals surface area (Å²) in [5, 5.41) is 15.0. The fourth-order valence-electron chi connectivity index (χ4n) is 4.75. The van der Waals surface area contributed by atoms with E-state index in [1.165, 1.54) is 34.6 Å². The van der Waals surface area contributed by atoms with Crippen LogP contribution in [0.3, 0.4) is 0 Å². The van der Waals surface area contributed by atoms with Gasteiger partial charge in [0, 0.05) is 25.2 Å². The standard InChI is InChI=1S/C30H28N4O8S2/c35-30(26-13-7-8-14-29(26)42-23-9-3-1-4-10-23)32-43(38,39)25-15-16-27(28(21-25)34(36)37)31-22-17-19-33(20-18-22)44(40,41)24-11-5-2-6-12-24/h1-16,21-22,31H,17-20H2,(H,32,35). The van der Waals surface area contributed by atoms with Crippen LogP contribution in [0.1, 0.15) is 23.2 Å². The lowest BCUT2D eigenvalue weighted by molar-refractivity contribution is -0.384. The molecule has 0 spiro atoms. The molecule has 0 aliphatic carbocycles. The Hall–Kier alpha value is -4.79. The van der Waals surface area contributed by atoms with Crippen molar-refractivity contribution >= 4 is 37.3 Å². The molecule has 14 heteroatoms. The number of para-hydroxylation sites is 2. The number of nitro groups is 1. The third-order valence-electron chi connectivity index (χ3n) is 7.00. The monoisotopic (exact) mass is 636 g/mol. The minimum atomic E-state index is -4.51. The molecule has 44 heavy (non-hydrogen) atoms. The third kappa shape index (κ3) is 6.88. The number of hydrogen-bond donors (Lipinski definition) is 2. The minimum Gasteiger partial charge on any atom is -0.457 e. The van der Waals surface area contributed by atoms with Crippen molar-refractivity contribution in [3.63, 3.8) is 0 Å². The van der Waals surface area contributed by atoms with Crippen LogP contribution in [0.2, 0.25) is 0 Å². The zero-order valence-electron chi connectivity index (χ0n) is 23.2. The normalized spacial score (nSPS) is 14.5. The number of rotatable bonds is 10. The van der Waals surface area contributed by atoms with Gasteiger partial charge in [0.15, 0.2) is 0 Å². The van der Waals surface area contributed by atoms with Crippen molar-refractivity contribution in [2.75, 3.05) is 18.4 Å². The summed E-state index contributed by atoms with van der Waals surface area (Å²) in [4.78, 5) is 23.9. The summed E-state index contributed by atoms with van der Waals surface area (Å²) in [5.41, 5.74) is -0.480. The first-order valence-electron chi connectivity index (χ1n) is 13.5. The van der Waals surface area contributed by atoms with Crippen LogP contribution in [0.15, 0.2) is 113 Å². The van der Waals surface area contributed by atoms with Gasteiger partial charge in [-0.25, -0.2) is 21.6 Å². The van der Waals surface area contributed by atoms with E-state index in [1.807, 2.05) is 4.72 Å². The number of nitrogens with zero attached hydrogens (tertiary/aromatic N) is 2. The third-order valence-corrected chi connectivity index (χ3v) is 10.2. The first kappa shape index (κ1) is 30.7. The van der Waals surface area contributed by atoms with E-state index >= 15 is 0 Å². The first-order chi connectivity index (χ1) is 21.0. The Morgan fingerprint density at radius 2 is 1.43 bits per heavy atom. The smallest absolute Gasteiger partial charge is 0.293 e. The minimum absolute atomic E-state index is 0.0478. The predicted octanol–water partition coefficient (Wildman–Crippen LogP) is 4.77. The molecule has 0 radical (unpaired) electrons. The molecule has 1 fully saturated rings. The van der Waals surface area contributed by atoms with E-state index in [1.54, 1.807) is 60.7 Å². The maximum atomic E-state index is 13.1. The summed E-state index contributed by atoms with van der Waals surface area (Å²) in [6, 6.07) is 25.8. The number of piperidine rings is 1. The highest BCUT2D eigenvalue weighted by atomic mass is 32.2. The van der Waals surface area contributed by atoms with Gasteiger partial charge in [0.05, 0.1) is 20.3 Å². The summed E-state index contributed by atoms with van der Waals surface area (Å²) in [6.07, 6.45) is 0.758. The van der Waals surface area contributed by atoms with Crippen LogP contribution in [0, 0.1) is 10.1 Å². The Labute approximate surface area is 254 Å². The number of anilines is 1. The Morgan fingerprint density at radius 3 is 2.09 bits per heavy atom. The molecule has 228 valence electrons. The molecule has 4 aromatic carbocycles. The Balaban J connectivity index is 1.28. The van der Waals surface area contributed by atoms with E-state index in [0.29, 0.717) is 18.6 Å². The van der Waals surface area contributed by atoms with Crippen LogP contribution in [0.4, 0.5) is 11.4 Å².